The Morgan fingerprint density at radius 3 is 1.44 bits per heavy atom. The molecule has 94 valence electrons. The van der Waals surface area contributed by atoms with Gasteiger partial charge in [0.25, 0.3) is 0 Å². The molecule has 2 aromatic carbocycles. The summed E-state index contributed by atoms with van der Waals surface area (Å²) in [6.45, 7) is 0. The van der Waals surface area contributed by atoms with E-state index in [1.807, 2.05) is 0 Å². The fourth-order valence-electron chi connectivity index (χ4n) is 1.90. The number of aryl methyl sites for hydroxylation is 2. The summed E-state index contributed by atoms with van der Waals surface area (Å²) >= 11 is 6.45. The van der Waals surface area contributed by atoms with Gasteiger partial charge in [-0.15, -0.1) is 0 Å². The van der Waals surface area contributed by atoms with Gasteiger partial charge in [0.2, 0.25) is 0 Å². The van der Waals surface area contributed by atoms with Crippen molar-refractivity contribution in [1.29, 1.82) is 0 Å². The lowest BCUT2D eigenvalue weighted by Gasteiger charge is -2.09. The number of hydrogen-bond donors (Lipinski definition) is 0. The van der Waals surface area contributed by atoms with E-state index < -0.39 is 0 Å². The Hall–Kier alpha value is -0.840. The third kappa shape index (κ3) is 4.80. The van der Waals surface area contributed by atoms with Gasteiger partial charge in [0, 0.05) is 0 Å². The molecule has 0 amide bonds. The molecule has 0 fully saturated rings. The van der Waals surface area contributed by atoms with Crippen molar-refractivity contribution in [2.45, 2.75) is 12.8 Å². The molecule has 18 heavy (non-hydrogen) atoms. The molecular weight excluding hydrogens is 259 g/mol. The van der Waals surface area contributed by atoms with Crippen molar-refractivity contribution in [2.75, 3.05) is 12.3 Å². The first-order valence-corrected chi connectivity index (χ1v) is 8.95. The lowest BCUT2D eigenvalue weighted by atomic mass is 10.2. The molecule has 0 aromatic heterocycles. The highest BCUT2D eigenvalue weighted by molar-refractivity contribution is 7.83. The third-order valence-electron chi connectivity index (χ3n) is 2.97. The lowest BCUT2D eigenvalue weighted by molar-refractivity contribution is 1.11. The zero-order valence-electron chi connectivity index (χ0n) is 10.4. The van der Waals surface area contributed by atoms with Gasteiger partial charge in [-0.3, -0.25) is 0 Å². The molecule has 0 atom stereocenters. The van der Waals surface area contributed by atoms with Crippen molar-refractivity contribution in [3.05, 3.63) is 71.8 Å². The van der Waals surface area contributed by atoms with Crippen LogP contribution in [0.2, 0.25) is 0 Å². The monoisotopic (exact) mass is 276 g/mol. The summed E-state index contributed by atoms with van der Waals surface area (Å²) in [6, 6.07) is 21.2. The lowest BCUT2D eigenvalue weighted by Crippen LogP contribution is -1.94. The Morgan fingerprint density at radius 2 is 1.06 bits per heavy atom. The molecule has 0 nitrogen and oxygen atoms in total. The molecule has 0 bridgehead atoms. The predicted molar refractivity (Wildman–Crippen MR) is 82.8 cm³/mol. The van der Waals surface area contributed by atoms with Gasteiger partial charge in [-0.2, -0.15) is 0 Å². The molecule has 2 aromatic rings. The van der Waals surface area contributed by atoms with Crippen molar-refractivity contribution >= 4 is 18.5 Å². The second-order valence-electron chi connectivity index (χ2n) is 4.38. The van der Waals surface area contributed by atoms with E-state index in [0.29, 0.717) is 0 Å². The van der Waals surface area contributed by atoms with E-state index in [0.717, 1.165) is 25.2 Å². The van der Waals surface area contributed by atoms with E-state index in [1.54, 1.807) is 0 Å². The van der Waals surface area contributed by atoms with Crippen LogP contribution < -0.4 is 0 Å². The summed E-state index contributed by atoms with van der Waals surface area (Å²) in [5.41, 5.74) is 2.79. The molecule has 2 heteroatoms. The second kappa shape index (κ2) is 7.56. The van der Waals surface area contributed by atoms with Crippen LogP contribution in [0.25, 0.3) is 0 Å². The summed E-state index contributed by atoms with van der Waals surface area (Å²) in [5.74, 6) is 0. The van der Waals surface area contributed by atoms with Crippen molar-refractivity contribution in [1.82, 2.24) is 0 Å². The van der Waals surface area contributed by atoms with Gasteiger partial charge in [-0.1, -0.05) is 71.9 Å². The molecule has 0 unspecified atom stereocenters. The van der Waals surface area contributed by atoms with Crippen LogP contribution in [-0.2, 0) is 12.8 Å². The number of hydrogen-bond acceptors (Lipinski definition) is 0. The largest absolute Gasteiger partial charge is 0.0964 e. The van der Waals surface area contributed by atoms with Crippen molar-refractivity contribution in [2.24, 2.45) is 0 Å². The highest BCUT2D eigenvalue weighted by atomic mass is 35.7. The average Bonchev–Trinajstić information content (AvgIpc) is 2.45. The highest BCUT2D eigenvalue weighted by Crippen LogP contribution is 2.42. The molecular formula is C16H18ClP. The van der Waals surface area contributed by atoms with Gasteiger partial charge in [-0.25, -0.2) is 0 Å². The van der Waals surface area contributed by atoms with Crippen LogP contribution in [0.3, 0.4) is 0 Å². The standard InChI is InChI=1S/C16H18ClP/c17-18(13-11-15-7-3-1-4-8-15)14-12-16-9-5-2-6-10-16/h1-10H,11-14H2. The van der Waals surface area contributed by atoms with E-state index in [4.69, 9.17) is 11.2 Å². The summed E-state index contributed by atoms with van der Waals surface area (Å²) < 4.78 is 0. The fraction of sp³-hybridized carbons (Fsp3) is 0.250. The van der Waals surface area contributed by atoms with Crippen molar-refractivity contribution < 1.29 is 0 Å². The maximum absolute atomic E-state index is 6.45. The Bertz CT molecular complexity index is 398. The molecule has 0 heterocycles. The Morgan fingerprint density at radius 1 is 0.667 bits per heavy atom. The first-order valence-electron chi connectivity index (χ1n) is 6.33. The average molecular weight is 277 g/mol. The maximum Gasteiger partial charge on any atom is -0.00907 e. The summed E-state index contributed by atoms with van der Waals surface area (Å²) in [7, 11) is -0.356. The Balaban J connectivity index is 1.71. The van der Waals surface area contributed by atoms with Crippen LogP contribution in [0.5, 0.6) is 0 Å². The minimum Gasteiger partial charge on any atom is -0.0964 e. The van der Waals surface area contributed by atoms with Gasteiger partial charge in [-0.05, 0) is 43.6 Å². The zero-order valence-corrected chi connectivity index (χ0v) is 12.1. The van der Waals surface area contributed by atoms with Gasteiger partial charge < -0.3 is 0 Å². The molecule has 0 spiro atoms. The van der Waals surface area contributed by atoms with Crippen molar-refractivity contribution in [3.63, 3.8) is 0 Å². The normalized spacial score (nSPS) is 10.8. The minimum absolute atomic E-state index is 0.356. The number of rotatable bonds is 6. The van der Waals surface area contributed by atoms with E-state index in [2.05, 4.69) is 60.7 Å². The minimum atomic E-state index is -0.356. The van der Waals surface area contributed by atoms with Crippen LogP contribution in [0.1, 0.15) is 11.1 Å². The highest BCUT2D eigenvalue weighted by Gasteiger charge is 2.05. The van der Waals surface area contributed by atoms with E-state index in [-0.39, 0.29) is 7.27 Å². The van der Waals surface area contributed by atoms with Crippen LogP contribution in [-0.4, -0.2) is 12.3 Å². The fourth-order valence-corrected chi connectivity index (χ4v) is 3.63. The van der Waals surface area contributed by atoms with Gasteiger partial charge in [0.1, 0.15) is 0 Å². The molecule has 0 aliphatic rings. The number of halogens is 1. The molecule has 0 aliphatic heterocycles. The van der Waals surface area contributed by atoms with Crippen molar-refractivity contribution in [3.8, 4) is 0 Å². The summed E-state index contributed by atoms with van der Waals surface area (Å²) in [6.07, 6.45) is 4.44. The Labute approximate surface area is 116 Å². The molecule has 0 saturated heterocycles. The van der Waals surface area contributed by atoms with Crippen LogP contribution in [0, 0.1) is 0 Å². The van der Waals surface area contributed by atoms with Gasteiger partial charge >= 0.3 is 0 Å². The predicted octanol–water partition coefficient (Wildman–Crippen LogP) is 5.11. The molecule has 0 saturated carbocycles. The van der Waals surface area contributed by atoms with E-state index in [1.165, 1.54) is 11.1 Å². The van der Waals surface area contributed by atoms with Gasteiger partial charge in [0.05, 0.1) is 0 Å². The Kier molecular flexibility index (Phi) is 5.71. The van der Waals surface area contributed by atoms with E-state index >= 15 is 0 Å². The molecule has 2 rings (SSSR count). The first-order chi connectivity index (χ1) is 8.84. The van der Waals surface area contributed by atoms with E-state index in [9.17, 15) is 0 Å². The first kappa shape index (κ1) is 13.6. The zero-order chi connectivity index (χ0) is 12.6. The number of benzene rings is 2. The third-order valence-corrected chi connectivity index (χ3v) is 5.40. The topological polar surface area (TPSA) is 0 Å². The SMILES string of the molecule is ClP(CCc1ccccc1)CCc1ccccc1. The molecule has 0 radical (unpaired) electrons. The van der Waals surface area contributed by atoms with Crippen LogP contribution in [0.4, 0.5) is 0 Å². The summed E-state index contributed by atoms with van der Waals surface area (Å²) in [5, 5.41) is 0. The second-order valence-corrected chi connectivity index (χ2v) is 7.64. The quantitative estimate of drug-likeness (QED) is 0.643. The molecule has 0 N–H and O–H groups in total. The smallest absolute Gasteiger partial charge is 0.00907 e. The summed E-state index contributed by atoms with van der Waals surface area (Å²) in [4.78, 5) is 0. The van der Waals surface area contributed by atoms with Crippen LogP contribution in [0.15, 0.2) is 60.7 Å². The molecule has 0 aliphatic carbocycles. The van der Waals surface area contributed by atoms with Crippen LogP contribution >= 0.6 is 18.5 Å². The maximum atomic E-state index is 6.45. The van der Waals surface area contributed by atoms with Gasteiger partial charge in [0.15, 0.2) is 0 Å².